The molecule has 4 rings (SSSR count). The van der Waals surface area contributed by atoms with Gasteiger partial charge < -0.3 is 19.7 Å². The van der Waals surface area contributed by atoms with Crippen LogP contribution in [-0.4, -0.2) is 28.3 Å². The Morgan fingerprint density at radius 2 is 2.00 bits per heavy atom. The van der Waals surface area contributed by atoms with Crippen LogP contribution in [0.1, 0.15) is 41.7 Å². The van der Waals surface area contributed by atoms with Crippen LogP contribution in [-0.2, 0) is 11.2 Å². The molecule has 30 heavy (non-hydrogen) atoms. The number of hydrogen-bond acceptors (Lipinski definition) is 5. The van der Waals surface area contributed by atoms with Crippen molar-refractivity contribution in [1.82, 2.24) is 4.98 Å². The minimum Gasteiger partial charge on any atom is -0.485 e. The summed E-state index contributed by atoms with van der Waals surface area (Å²) in [6.45, 7) is 0. The molecule has 0 spiro atoms. The van der Waals surface area contributed by atoms with Crippen LogP contribution < -0.4 is 9.47 Å². The highest BCUT2D eigenvalue weighted by atomic mass is 16.5. The SMILES string of the molecule is COc1cccc(-c2ccc(C3CCc4ccc([C@H](O)CC(=O)O)cc4O3)cc2)n1. The van der Waals surface area contributed by atoms with E-state index in [1.54, 1.807) is 19.2 Å². The van der Waals surface area contributed by atoms with Crippen molar-refractivity contribution in [2.45, 2.75) is 31.5 Å². The van der Waals surface area contributed by atoms with E-state index < -0.39 is 12.1 Å². The zero-order valence-corrected chi connectivity index (χ0v) is 16.6. The van der Waals surface area contributed by atoms with Crippen molar-refractivity contribution < 1.29 is 24.5 Å². The lowest BCUT2D eigenvalue weighted by Crippen LogP contribution is -2.16. The molecule has 2 heterocycles. The number of benzene rings is 2. The van der Waals surface area contributed by atoms with Crippen molar-refractivity contribution in [2.24, 2.45) is 0 Å². The summed E-state index contributed by atoms with van der Waals surface area (Å²) in [6, 6.07) is 19.2. The van der Waals surface area contributed by atoms with Gasteiger partial charge in [-0.1, -0.05) is 42.5 Å². The summed E-state index contributed by atoms with van der Waals surface area (Å²) in [5.74, 6) is 0.237. The zero-order valence-electron chi connectivity index (χ0n) is 16.6. The van der Waals surface area contributed by atoms with Gasteiger partial charge in [-0.15, -0.1) is 0 Å². The largest absolute Gasteiger partial charge is 0.485 e. The van der Waals surface area contributed by atoms with Gasteiger partial charge in [0.15, 0.2) is 0 Å². The van der Waals surface area contributed by atoms with Crippen molar-refractivity contribution >= 4 is 5.97 Å². The second-order valence-electron chi connectivity index (χ2n) is 7.31. The number of pyridine rings is 1. The molecule has 0 saturated carbocycles. The highest BCUT2D eigenvalue weighted by molar-refractivity contribution is 5.67. The van der Waals surface area contributed by atoms with E-state index in [2.05, 4.69) is 4.98 Å². The van der Waals surface area contributed by atoms with Gasteiger partial charge in [-0.3, -0.25) is 4.79 Å². The number of aliphatic hydroxyl groups excluding tert-OH is 1. The minimum atomic E-state index is -1.05. The molecule has 0 fully saturated rings. The first-order valence-corrected chi connectivity index (χ1v) is 9.84. The number of aliphatic hydroxyl groups is 1. The Morgan fingerprint density at radius 1 is 1.20 bits per heavy atom. The van der Waals surface area contributed by atoms with Crippen molar-refractivity contribution in [2.75, 3.05) is 7.11 Å². The molecule has 1 aliphatic rings. The number of nitrogens with zero attached hydrogens (tertiary/aromatic N) is 1. The average Bonchev–Trinajstić information content (AvgIpc) is 2.78. The van der Waals surface area contributed by atoms with Gasteiger partial charge in [0.1, 0.15) is 11.9 Å². The van der Waals surface area contributed by atoms with Crippen LogP contribution in [0.2, 0.25) is 0 Å². The van der Waals surface area contributed by atoms with E-state index in [1.807, 2.05) is 48.5 Å². The lowest BCUT2D eigenvalue weighted by molar-refractivity contribution is -0.139. The maximum absolute atomic E-state index is 10.9. The maximum Gasteiger partial charge on any atom is 0.306 e. The second-order valence-corrected chi connectivity index (χ2v) is 7.31. The predicted molar refractivity (Wildman–Crippen MR) is 112 cm³/mol. The van der Waals surface area contributed by atoms with E-state index in [9.17, 15) is 9.90 Å². The highest BCUT2D eigenvalue weighted by Gasteiger charge is 2.23. The quantitative estimate of drug-likeness (QED) is 0.635. The van der Waals surface area contributed by atoms with Crippen LogP contribution in [0.3, 0.4) is 0 Å². The summed E-state index contributed by atoms with van der Waals surface area (Å²) in [5, 5.41) is 19.0. The first-order valence-electron chi connectivity index (χ1n) is 9.84. The molecule has 2 N–H and O–H groups in total. The molecule has 1 aliphatic heterocycles. The summed E-state index contributed by atoms with van der Waals surface area (Å²) in [6.07, 6.45) is 0.222. The number of aromatic nitrogens is 1. The Kier molecular flexibility index (Phi) is 5.68. The van der Waals surface area contributed by atoms with Crippen molar-refractivity contribution in [1.29, 1.82) is 0 Å². The zero-order chi connectivity index (χ0) is 21.1. The number of ether oxygens (including phenoxy) is 2. The smallest absolute Gasteiger partial charge is 0.306 e. The van der Waals surface area contributed by atoms with Crippen LogP contribution in [0, 0.1) is 0 Å². The molecule has 0 radical (unpaired) electrons. The van der Waals surface area contributed by atoms with Gasteiger partial charge in [-0.05, 0) is 41.7 Å². The Hall–Kier alpha value is -3.38. The fourth-order valence-electron chi connectivity index (χ4n) is 3.67. The molecule has 154 valence electrons. The summed E-state index contributed by atoms with van der Waals surface area (Å²) in [4.78, 5) is 15.3. The van der Waals surface area contributed by atoms with E-state index in [0.717, 1.165) is 35.2 Å². The monoisotopic (exact) mass is 405 g/mol. The Bertz CT molecular complexity index is 1050. The number of carboxylic acid groups (broad SMARTS) is 1. The second kappa shape index (κ2) is 8.55. The number of carbonyl (C=O) groups is 1. The predicted octanol–water partition coefficient (Wildman–Crippen LogP) is 4.33. The lowest BCUT2D eigenvalue weighted by Gasteiger charge is -2.27. The average molecular weight is 405 g/mol. The number of carboxylic acids is 1. The topological polar surface area (TPSA) is 88.9 Å². The van der Waals surface area contributed by atoms with E-state index >= 15 is 0 Å². The van der Waals surface area contributed by atoms with E-state index in [-0.39, 0.29) is 12.5 Å². The molecule has 0 amide bonds. The molecule has 0 saturated heterocycles. The number of aryl methyl sites for hydroxylation is 1. The molecule has 0 bridgehead atoms. The van der Waals surface area contributed by atoms with E-state index in [0.29, 0.717) is 17.2 Å². The van der Waals surface area contributed by atoms with Gasteiger partial charge in [0.25, 0.3) is 0 Å². The molecular formula is C24H23NO5. The van der Waals surface area contributed by atoms with Gasteiger partial charge in [0.2, 0.25) is 5.88 Å². The number of methoxy groups -OCH3 is 1. The normalized spacial score (nSPS) is 16.3. The molecule has 6 heteroatoms. The molecule has 2 atom stereocenters. The van der Waals surface area contributed by atoms with Gasteiger partial charge in [-0.2, -0.15) is 0 Å². The Labute approximate surface area is 174 Å². The minimum absolute atomic E-state index is 0.100. The van der Waals surface area contributed by atoms with E-state index in [1.165, 1.54) is 0 Å². The first kappa shape index (κ1) is 19.9. The number of rotatable bonds is 6. The third kappa shape index (κ3) is 4.28. The third-order valence-corrected chi connectivity index (χ3v) is 5.30. The lowest BCUT2D eigenvalue weighted by atomic mass is 9.94. The molecule has 3 aromatic rings. The van der Waals surface area contributed by atoms with Gasteiger partial charge >= 0.3 is 5.97 Å². The van der Waals surface area contributed by atoms with Crippen LogP contribution in [0.25, 0.3) is 11.3 Å². The molecule has 2 aromatic carbocycles. The van der Waals surface area contributed by atoms with Crippen molar-refractivity contribution in [3.8, 4) is 22.9 Å². The molecule has 1 aromatic heterocycles. The van der Waals surface area contributed by atoms with Crippen LogP contribution in [0.4, 0.5) is 0 Å². The van der Waals surface area contributed by atoms with Crippen LogP contribution in [0.15, 0.2) is 60.7 Å². The fourth-order valence-corrected chi connectivity index (χ4v) is 3.67. The van der Waals surface area contributed by atoms with Crippen LogP contribution >= 0.6 is 0 Å². The molecule has 0 aliphatic carbocycles. The van der Waals surface area contributed by atoms with Gasteiger partial charge in [0, 0.05) is 11.6 Å². The van der Waals surface area contributed by atoms with Gasteiger partial charge in [0.05, 0.1) is 25.3 Å². The number of aliphatic carboxylic acids is 1. The fraction of sp³-hybridized carbons (Fsp3) is 0.250. The summed E-state index contributed by atoms with van der Waals surface area (Å²) in [5.41, 5.74) is 4.51. The highest BCUT2D eigenvalue weighted by Crippen LogP contribution is 2.37. The van der Waals surface area contributed by atoms with Crippen molar-refractivity contribution in [3.05, 3.63) is 77.4 Å². The Morgan fingerprint density at radius 3 is 2.73 bits per heavy atom. The van der Waals surface area contributed by atoms with Gasteiger partial charge in [-0.25, -0.2) is 4.98 Å². The van der Waals surface area contributed by atoms with Crippen molar-refractivity contribution in [3.63, 3.8) is 0 Å². The molecular weight excluding hydrogens is 382 g/mol. The summed E-state index contributed by atoms with van der Waals surface area (Å²) in [7, 11) is 1.60. The molecule has 1 unspecified atom stereocenters. The summed E-state index contributed by atoms with van der Waals surface area (Å²) >= 11 is 0. The van der Waals surface area contributed by atoms with E-state index in [4.69, 9.17) is 14.6 Å². The first-order chi connectivity index (χ1) is 14.5. The van der Waals surface area contributed by atoms with Crippen LogP contribution in [0.5, 0.6) is 11.6 Å². The maximum atomic E-state index is 10.9. The Balaban J connectivity index is 1.52. The summed E-state index contributed by atoms with van der Waals surface area (Å²) < 4.78 is 11.4. The standard InChI is InChI=1S/C24H23NO5/c1-29-23-4-2-3-19(25-23)15-5-7-16(8-6-15)21-12-11-17-9-10-18(13-22(17)30-21)20(26)14-24(27)28/h2-10,13,20-21,26H,11-12,14H2,1H3,(H,27,28)/t20-,21?/m1/s1. The molecule has 6 nitrogen and oxygen atoms in total. The number of hydrogen-bond donors (Lipinski definition) is 2. The third-order valence-electron chi connectivity index (χ3n) is 5.30. The number of fused-ring (bicyclic) bond motifs is 1.